The van der Waals surface area contributed by atoms with E-state index in [1.165, 1.54) is 0 Å². The molecule has 0 N–H and O–H groups in total. The van der Waals surface area contributed by atoms with E-state index in [9.17, 15) is 8.78 Å². The molecule has 0 aliphatic heterocycles. The third-order valence-electron chi connectivity index (χ3n) is 4.88. The van der Waals surface area contributed by atoms with Gasteiger partial charge in [-0.15, -0.1) is 59.7 Å². The molecule has 0 amide bonds. The van der Waals surface area contributed by atoms with Gasteiger partial charge in [0.1, 0.15) is 0 Å². The fourth-order valence-electron chi connectivity index (χ4n) is 3.21. The molecule has 0 spiro atoms. The van der Waals surface area contributed by atoms with Gasteiger partial charge in [-0.25, -0.2) is 4.39 Å². The van der Waals surface area contributed by atoms with Crippen LogP contribution in [0.1, 0.15) is 5.56 Å². The van der Waals surface area contributed by atoms with Crippen molar-refractivity contribution in [1.82, 2.24) is 15.0 Å². The number of nitrogens with zero attached hydrogens (tertiary/aromatic N) is 3. The van der Waals surface area contributed by atoms with Crippen molar-refractivity contribution in [2.45, 2.75) is 6.92 Å². The fourth-order valence-corrected chi connectivity index (χ4v) is 3.21. The van der Waals surface area contributed by atoms with Crippen LogP contribution in [0.5, 0.6) is 0 Å². The summed E-state index contributed by atoms with van der Waals surface area (Å²) in [5, 5.41) is 0. The van der Waals surface area contributed by atoms with Crippen molar-refractivity contribution in [3.8, 4) is 33.6 Å². The maximum absolute atomic E-state index is 13.3. The van der Waals surface area contributed by atoms with Crippen molar-refractivity contribution in [2.75, 3.05) is 0 Å². The standard InChI is InChI=1S/C17H11F2N2.C11H8N.Ir/c1-11-8-17(13-2-3-15(18)16(19)9-13)21-10-14(11)12-4-6-20-7-5-12;1-2-6-10(7-3-1)11-8-4-5-9-12-11;/h3-10H,1H3;1-6,8-9H;/q2*-1;. The van der Waals surface area contributed by atoms with Crippen LogP contribution in [0.3, 0.4) is 0 Å². The molecule has 0 saturated heterocycles. The molecule has 0 atom stereocenters. The molecule has 0 aliphatic carbocycles. The summed E-state index contributed by atoms with van der Waals surface area (Å²) in [6.45, 7) is 1.95. The zero-order valence-corrected chi connectivity index (χ0v) is 20.6. The van der Waals surface area contributed by atoms with Crippen LogP contribution in [0, 0.1) is 30.7 Å². The first kappa shape index (κ1) is 25.0. The molecule has 5 rings (SSSR count). The Morgan fingerprint density at radius 3 is 2.18 bits per heavy atom. The Balaban J connectivity index is 0.000000212. The fraction of sp³-hybridized carbons (Fsp3) is 0.0357. The van der Waals surface area contributed by atoms with Crippen LogP contribution in [-0.4, -0.2) is 15.0 Å². The van der Waals surface area contributed by atoms with Crippen molar-refractivity contribution in [2.24, 2.45) is 0 Å². The molecule has 3 nitrogen and oxygen atoms in total. The van der Waals surface area contributed by atoms with E-state index in [4.69, 9.17) is 0 Å². The number of pyridine rings is 3. The molecular weight excluding hydrogens is 609 g/mol. The normalized spacial score (nSPS) is 9.97. The third kappa shape index (κ3) is 6.25. The molecule has 0 fully saturated rings. The molecule has 0 bridgehead atoms. The van der Waals surface area contributed by atoms with Crippen LogP contribution >= 0.6 is 0 Å². The Bertz CT molecular complexity index is 1290. The van der Waals surface area contributed by atoms with E-state index in [0.29, 0.717) is 11.3 Å². The minimum atomic E-state index is -0.913. The molecule has 0 unspecified atom stereocenters. The Labute approximate surface area is 210 Å². The Kier molecular flexibility index (Phi) is 8.86. The monoisotopic (exact) mass is 628 g/mol. The van der Waals surface area contributed by atoms with Crippen LogP contribution in [0.15, 0.2) is 97.6 Å². The Hall–Kier alpha value is -3.60. The number of benzene rings is 2. The van der Waals surface area contributed by atoms with Gasteiger partial charge in [0.15, 0.2) is 0 Å². The van der Waals surface area contributed by atoms with E-state index < -0.39 is 11.6 Å². The first-order valence-corrected chi connectivity index (χ1v) is 10.2. The van der Waals surface area contributed by atoms with Gasteiger partial charge in [-0.2, -0.15) is 0 Å². The zero-order chi connectivity index (χ0) is 23.0. The summed E-state index contributed by atoms with van der Waals surface area (Å²) in [5.74, 6) is -1.81. The molecule has 3 aromatic heterocycles. The minimum absolute atomic E-state index is 0. The van der Waals surface area contributed by atoms with Crippen LogP contribution in [0.25, 0.3) is 33.6 Å². The number of halogens is 2. The number of aryl methyl sites for hydroxylation is 1. The van der Waals surface area contributed by atoms with Crippen LogP contribution in [-0.2, 0) is 20.1 Å². The summed E-state index contributed by atoms with van der Waals surface area (Å²) >= 11 is 0. The molecular formula is C28H19F2IrN3-2. The second kappa shape index (κ2) is 12.0. The van der Waals surface area contributed by atoms with Gasteiger partial charge in [0.05, 0.1) is 11.6 Å². The Morgan fingerprint density at radius 2 is 1.53 bits per heavy atom. The van der Waals surface area contributed by atoms with E-state index in [0.717, 1.165) is 40.1 Å². The number of hydrogen-bond acceptors (Lipinski definition) is 3. The largest absolute Gasteiger partial charge is 0.305 e. The second-order valence-electron chi connectivity index (χ2n) is 7.15. The van der Waals surface area contributed by atoms with Gasteiger partial charge in [0, 0.05) is 50.5 Å². The van der Waals surface area contributed by atoms with Crippen molar-refractivity contribution in [3.63, 3.8) is 0 Å². The topological polar surface area (TPSA) is 38.7 Å². The predicted molar refractivity (Wildman–Crippen MR) is 125 cm³/mol. The molecule has 3 heterocycles. The Morgan fingerprint density at radius 1 is 0.735 bits per heavy atom. The smallest absolute Gasteiger partial charge is 0.0765 e. The molecule has 6 heteroatoms. The second-order valence-corrected chi connectivity index (χ2v) is 7.15. The number of rotatable bonds is 3. The predicted octanol–water partition coefficient (Wildman–Crippen LogP) is 6.74. The molecule has 1 radical (unpaired) electrons. The average Bonchev–Trinajstić information content (AvgIpc) is 2.88. The van der Waals surface area contributed by atoms with Gasteiger partial charge in [0.25, 0.3) is 0 Å². The minimum Gasteiger partial charge on any atom is -0.305 e. The summed E-state index contributed by atoms with van der Waals surface area (Å²) in [6, 6.07) is 27.2. The quantitative estimate of drug-likeness (QED) is 0.208. The summed E-state index contributed by atoms with van der Waals surface area (Å²) in [4.78, 5) is 12.5. The first-order chi connectivity index (χ1) is 16.1. The average molecular weight is 628 g/mol. The third-order valence-corrected chi connectivity index (χ3v) is 4.88. The SMILES string of the molecule is Cc1cc(-c2[c-]cc(F)c(F)c2)ncc1-c1ccncc1.[Ir].[c-]1ccccc1-c1ccccn1. The van der Waals surface area contributed by atoms with Gasteiger partial charge in [-0.05, 0) is 47.6 Å². The number of hydrogen-bond donors (Lipinski definition) is 0. The van der Waals surface area contributed by atoms with E-state index in [-0.39, 0.29) is 20.1 Å². The van der Waals surface area contributed by atoms with Gasteiger partial charge in [-0.3, -0.25) is 9.37 Å². The zero-order valence-electron chi connectivity index (χ0n) is 18.2. The van der Waals surface area contributed by atoms with E-state index in [2.05, 4.69) is 27.1 Å². The van der Waals surface area contributed by atoms with Crippen molar-refractivity contribution in [1.29, 1.82) is 0 Å². The van der Waals surface area contributed by atoms with E-state index in [1.807, 2.05) is 67.6 Å². The van der Waals surface area contributed by atoms with Crippen LogP contribution in [0.2, 0.25) is 0 Å². The molecule has 0 saturated carbocycles. The maximum Gasteiger partial charge on any atom is 0.0765 e. The molecule has 0 aliphatic rings. The summed E-state index contributed by atoms with van der Waals surface area (Å²) in [5.41, 5.74) is 5.97. The van der Waals surface area contributed by atoms with Gasteiger partial charge < -0.3 is 9.97 Å². The van der Waals surface area contributed by atoms with Crippen LogP contribution < -0.4 is 0 Å². The van der Waals surface area contributed by atoms with E-state index >= 15 is 0 Å². The van der Waals surface area contributed by atoms with Crippen molar-refractivity contribution in [3.05, 3.63) is 127 Å². The number of aromatic nitrogens is 3. The van der Waals surface area contributed by atoms with Crippen LogP contribution in [0.4, 0.5) is 8.78 Å². The molecule has 34 heavy (non-hydrogen) atoms. The van der Waals surface area contributed by atoms with Crippen molar-refractivity contribution < 1.29 is 28.9 Å². The molecule has 171 valence electrons. The first-order valence-electron chi connectivity index (χ1n) is 10.2. The summed E-state index contributed by atoms with van der Waals surface area (Å²) in [7, 11) is 0. The van der Waals surface area contributed by atoms with E-state index in [1.54, 1.807) is 24.8 Å². The molecule has 2 aromatic carbocycles. The van der Waals surface area contributed by atoms with Gasteiger partial charge in [-0.1, -0.05) is 18.2 Å². The summed E-state index contributed by atoms with van der Waals surface area (Å²) < 4.78 is 26.2. The van der Waals surface area contributed by atoms with Gasteiger partial charge in [0.2, 0.25) is 0 Å². The van der Waals surface area contributed by atoms with Crippen molar-refractivity contribution >= 4 is 0 Å². The van der Waals surface area contributed by atoms with Gasteiger partial charge >= 0.3 is 0 Å². The summed E-state index contributed by atoms with van der Waals surface area (Å²) in [6.07, 6.45) is 6.93. The maximum atomic E-state index is 13.3. The molecule has 5 aromatic rings.